The molecule has 2 saturated carbocycles. The topological polar surface area (TPSA) is 109 Å². The minimum atomic E-state index is -0.180. The number of aryl methyl sites for hydroxylation is 1. The molecule has 1 unspecified atom stereocenters. The molecule has 242 valence electrons. The van der Waals surface area contributed by atoms with Crippen LogP contribution in [0, 0.1) is 17.8 Å². The lowest BCUT2D eigenvalue weighted by Crippen LogP contribution is -2.28. The zero-order chi connectivity index (χ0) is 32.4. The maximum absolute atomic E-state index is 13.8. The molecule has 2 fully saturated rings. The van der Waals surface area contributed by atoms with Crippen molar-refractivity contribution in [2.45, 2.75) is 89.9 Å². The van der Waals surface area contributed by atoms with Crippen LogP contribution in [0.4, 0.5) is 0 Å². The van der Waals surface area contributed by atoms with E-state index in [9.17, 15) is 4.79 Å². The van der Waals surface area contributed by atoms with E-state index < -0.39 is 0 Å². The summed E-state index contributed by atoms with van der Waals surface area (Å²) in [4.78, 5) is 36.9. The number of ketones is 1. The second-order valence-corrected chi connectivity index (χ2v) is 14.5. The Morgan fingerprint density at radius 3 is 2.22 bits per heavy atom. The van der Waals surface area contributed by atoms with Crippen molar-refractivity contribution < 1.29 is 9.53 Å². The van der Waals surface area contributed by atoms with Crippen LogP contribution in [-0.2, 0) is 23.7 Å². The number of carbonyl (C=O) groups excluding carboxylic acids is 1. The Morgan fingerprint density at radius 1 is 0.935 bits per heavy atom. The standard InChI is InChI=1S/C36H44ClN7O2/c1-36(2,3)27-20-39-31(42-33(27)34-28(37)21-44(4)43-34)16-23-8-11-24(12-9-23)32(30(45)15-10-22-6-7-22)29-14-13-25(17-38-29)26-18-40-35(46-5)41-19-26/h13-14,17-24,32H,6-12,15-16H2,1-5H3. The molecule has 0 radical (unpaired) electrons. The predicted octanol–water partition coefficient (Wildman–Crippen LogP) is 7.58. The molecule has 0 bridgehead atoms. The third-order valence-corrected chi connectivity index (χ3v) is 9.86. The van der Waals surface area contributed by atoms with E-state index in [2.05, 4.69) is 35.8 Å². The second kappa shape index (κ2) is 13.6. The van der Waals surface area contributed by atoms with E-state index in [-0.39, 0.29) is 17.3 Å². The van der Waals surface area contributed by atoms with E-state index in [1.165, 1.54) is 12.8 Å². The van der Waals surface area contributed by atoms with Gasteiger partial charge >= 0.3 is 6.01 Å². The SMILES string of the molecule is COc1ncc(-c2ccc(C(C(=O)CCC3CC3)C3CCC(Cc4ncc(C(C)(C)C)c(-c5nn(C)cc5Cl)n4)CC3)nc2)cn1. The lowest BCUT2D eigenvalue weighted by atomic mass is 9.71. The molecule has 0 aromatic carbocycles. The number of ether oxygens (including phenoxy) is 1. The quantitative estimate of drug-likeness (QED) is 0.165. The van der Waals surface area contributed by atoms with E-state index >= 15 is 0 Å². The van der Waals surface area contributed by atoms with E-state index in [1.54, 1.807) is 24.2 Å². The van der Waals surface area contributed by atoms with Gasteiger partial charge in [-0.25, -0.2) is 19.9 Å². The van der Waals surface area contributed by atoms with Gasteiger partial charge in [-0.05, 0) is 61.3 Å². The molecule has 1 atom stereocenters. The molecule has 9 nitrogen and oxygen atoms in total. The molecule has 0 N–H and O–H groups in total. The van der Waals surface area contributed by atoms with Crippen molar-refractivity contribution in [1.82, 2.24) is 34.7 Å². The Balaban J connectivity index is 1.17. The van der Waals surface area contributed by atoms with Gasteiger partial charge in [0.05, 0.1) is 29.4 Å². The van der Waals surface area contributed by atoms with Crippen molar-refractivity contribution in [2.24, 2.45) is 24.8 Å². The van der Waals surface area contributed by atoms with E-state index in [4.69, 9.17) is 31.3 Å². The summed E-state index contributed by atoms with van der Waals surface area (Å²) in [5.74, 6) is 2.43. The molecule has 46 heavy (non-hydrogen) atoms. The number of hydrogen-bond donors (Lipinski definition) is 0. The molecule has 4 aromatic heterocycles. The summed E-state index contributed by atoms with van der Waals surface area (Å²) in [6.45, 7) is 6.47. The number of pyridine rings is 1. The molecule has 2 aliphatic carbocycles. The molecule has 0 amide bonds. The number of rotatable bonds is 11. The van der Waals surface area contributed by atoms with Crippen LogP contribution in [0.15, 0.2) is 43.1 Å². The average molecular weight is 642 g/mol. The lowest BCUT2D eigenvalue weighted by Gasteiger charge is -2.33. The number of nitrogens with zero attached hydrogens (tertiary/aromatic N) is 7. The minimum absolute atomic E-state index is 0.150. The maximum Gasteiger partial charge on any atom is 0.316 e. The van der Waals surface area contributed by atoms with Crippen molar-refractivity contribution in [3.05, 3.63) is 65.2 Å². The third-order valence-electron chi connectivity index (χ3n) is 9.58. The summed E-state index contributed by atoms with van der Waals surface area (Å²) in [5, 5.41) is 5.21. The van der Waals surface area contributed by atoms with Crippen molar-refractivity contribution >= 4 is 17.4 Å². The average Bonchev–Trinajstić information content (AvgIpc) is 3.82. The van der Waals surface area contributed by atoms with Gasteiger partial charge in [-0.3, -0.25) is 14.5 Å². The molecule has 0 aliphatic heterocycles. The van der Waals surface area contributed by atoms with Gasteiger partial charge in [-0.2, -0.15) is 5.10 Å². The smallest absolute Gasteiger partial charge is 0.316 e. The Kier molecular flexibility index (Phi) is 9.50. The Morgan fingerprint density at radius 2 is 1.63 bits per heavy atom. The summed E-state index contributed by atoms with van der Waals surface area (Å²) < 4.78 is 6.82. The molecule has 6 rings (SSSR count). The predicted molar refractivity (Wildman–Crippen MR) is 179 cm³/mol. The summed E-state index contributed by atoms with van der Waals surface area (Å²) in [6, 6.07) is 4.39. The minimum Gasteiger partial charge on any atom is -0.467 e. The fraction of sp³-hybridized carbons (Fsp3) is 0.528. The number of Topliss-reactive ketones (excluding diaryl/α,β-unsaturated/α-hetero) is 1. The molecule has 4 heterocycles. The molecular formula is C36H44ClN7O2. The van der Waals surface area contributed by atoms with E-state index in [0.29, 0.717) is 34.8 Å². The van der Waals surface area contributed by atoms with Crippen LogP contribution in [-0.4, -0.2) is 47.6 Å². The van der Waals surface area contributed by atoms with Crippen LogP contribution in [0.2, 0.25) is 5.02 Å². The monoisotopic (exact) mass is 641 g/mol. The van der Waals surface area contributed by atoms with Gasteiger partial charge < -0.3 is 4.74 Å². The van der Waals surface area contributed by atoms with Crippen LogP contribution >= 0.6 is 11.6 Å². The first-order valence-electron chi connectivity index (χ1n) is 16.5. The first-order valence-corrected chi connectivity index (χ1v) is 16.9. The maximum atomic E-state index is 13.8. The number of carbonyl (C=O) groups is 1. The molecule has 0 spiro atoms. The largest absolute Gasteiger partial charge is 0.467 e. The number of aromatic nitrogens is 7. The van der Waals surface area contributed by atoms with Gasteiger partial charge in [-0.15, -0.1) is 0 Å². The van der Waals surface area contributed by atoms with Crippen molar-refractivity contribution in [3.63, 3.8) is 0 Å². The highest BCUT2D eigenvalue weighted by Crippen LogP contribution is 2.42. The van der Waals surface area contributed by atoms with Crippen LogP contribution < -0.4 is 4.74 Å². The Hall–Kier alpha value is -3.72. The number of hydrogen-bond acceptors (Lipinski definition) is 8. The van der Waals surface area contributed by atoms with Crippen LogP contribution in [0.5, 0.6) is 6.01 Å². The number of methoxy groups -OCH3 is 1. The van der Waals surface area contributed by atoms with Crippen molar-refractivity contribution in [3.8, 4) is 28.5 Å². The summed E-state index contributed by atoms with van der Waals surface area (Å²) >= 11 is 6.58. The van der Waals surface area contributed by atoms with Gasteiger partial charge in [0.25, 0.3) is 0 Å². The third kappa shape index (κ3) is 7.46. The highest BCUT2D eigenvalue weighted by molar-refractivity contribution is 6.32. The fourth-order valence-corrected chi connectivity index (χ4v) is 7.03. The first-order chi connectivity index (χ1) is 22.1. The van der Waals surface area contributed by atoms with Crippen LogP contribution in [0.25, 0.3) is 22.5 Å². The van der Waals surface area contributed by atoms with Crippen molar-refractivity contribution in [2.75, 3.05) is 7.11 Å². The Bertz CT molecular complexity index is 1650. The van der Waals surface area contributed by atoms with Crippen LogP contribution in [0.1, 0.15) is 95.1 Å². The van der Waals surface area contributed by atoms with Crippen LogP contribution in [0.3, 0.4) is 0 Å². The number of halogens is 1. The molecule has 10 heteroatoms. The van der Waals surface area contributed by atoms with E-state index in [1.807, 2.05) is 37.8 Å². The molecule has 4 aromatic rings. The van der Waals surface area contributed by atoms with E-state index in [0.717, 1.165) is 78.3 Å². The fourth-order valence-electron chi connectivity index (χ4n) is 6.76. The van der Waals surface area contributed by atoms with Gasteiger partial charge in [-0.1, -0.05) is 51.3 Å². The van der Waals surface area contributed by atoms with Gasteiger partial charge in [0.1, 0.15) is 17.3 Å². The highest BCUT2D eigenvalue weighted by atomic mass is 35.5. The summed E-state index contributed by atoms with van der Waals surface area (Å²) in [6.07, 6.45) is 18.0. The zero-order valence-corrected chi connectivity index (χ0v) is 28.3. The summed E-state index contributed by atoms with van der Waals surface area (Å²) in [5.41, 5.74) is 5.06. The van der Waals surface area contributed by atoms with Gasteiger partial charge in [0, 0.05) is 67.6 Å². The Labute approximate surface area is 276 Å². The lowest BCUT2D eigenvalue weighted by molar-refractivity contribution is -0.122. The molecule has 2 aliphatic rings. The van der Waals surface area contributed by atoms with Crippen molar-refractivity contribution in [1.29, 1.82) is 0 Å². The second-order valence-electron chi connectivity index (χ2n) is 14.1. The summed E-state index contributed by atoms with van der Waals surface area (Å²) in [7, 11) is 3.42. The zero-order valence-electron chi connectivity index (χ0n) is 27.5. The van der Waals surface area contributed by atoms with Gasteiger partial charge in [0.15, 0.2) is 0 Å². The van der Waals surface area contributed by atoms with Gasteiger partial charge in [0.2, 0.25) is 0 Å². The first kappa shape index (κ1) is 32.2. The molecule has 0 saturated heterocycles. The highest BCUT2D eigenvalue weighted by Gasteiger charge is 2.35. The normalized spacial score (nSPS) is 19.2. The molecular weight excluding hydrogens is 598 g/mol.